The summed E-state index contributed by atoms with van der Waals surface area (Å²) in [6.45, 7) is 6.04. The van der Waals surface area contributed by atoms with Gasteiger partial charge in [-0.15, -0.1) is 0 Å². The summed E-state index contributed by atoms with van der Waals surface area (Å²) in [6, 6.07) is 1.76. The van der Waals surface area contributed by atoms with Crippen LogP contribution in [-0.2, 0) is 13.0 Å². The van der Waals surface area contributed by atoms with Gasteiger partial charge in [-0.2, -0.15) is 0 Å². The summed E-state index contributed by atoms with van der Waals surface area (Å²) >= 11 is 12.2. The molecule has 0 aliphatic rings. The second-order valence-electron chi connectivity index (χ2n) is 4.86. The van der Waals surface area contributed by atoms with Crippen LogP contribution in [0.3, 0.4) is 0 Å². The molecule has 0 aliphatic heterocycles. The Morgan fingerprint density at radius 1 is 1.29 bits per heavy atom. The van der Waals surface area contributed by atoms with Gasteiger partial charge in [0.05, 0.1) is 21.8 Å². The molecule has 1 N–H and O–H groups in total. The van der Waals surface area contributed by atoms with Gasteiger partial charge in [-0.1, -0.05) is 30.1 Å². The minimum absolute atomic E-state index is 0.0300. The van der Waals surface area contributed by atoms with Crippen LogP contribution in [0, 0.1) is 0 Å². The molecule has 4 nitrogen and oxygen atoms in total. The Labute approximate surface area is 135 Å². The molecule has 0 saturated heterocycles. The molecule has 0 spiro atoms. The quantitative estimate of drug-likeness (QED) is 0.839. The lowest BCUT2D eigenvalue weighted by Gasteiger charge is -2.19. The number of aromatic nitrogens is 3. The van der Waals surface area contributed by atoms with E-state index in [9.17, 15) is 0 Å². The van der Waals surface area contributed by atoms with Crippen molar-refractivity contribution in [3.05, 3.63) is 46.2 Å². The molecule has 2 aromatic rings. The predicted molar refractivity (Wildman–Crippen MR) is 86.9 cm³/mol. The smallest absolute Gasteiger partial charge is 0.110 e. The summed E-state index contributed by atoms with van der Waals surface area (Å²) in [6.07, 6.45) is 7.24. The van der Waals surface area contributed by atoms with E-state index in [1.54, 1.807) is 12.3 Å². The topological polar surface area (TPSA) is 42.7 Å². The van der Waals surface area contributed by atoms with Gasteiger partial charge in [0.15, 0.2) is 0 Å². The number of imidazole rings is 1. The van der Waals surface area contributed by atoms with E-state index in [2.05, 4.69) is 33.7 Å². The molecule has 6 heteroatoms. The fourth-order valence-electron chi connectivity index (χ4n) is 2.27. The molecule has 0 radical (unpaired) electrons. The summed E-state index contributed by atoms with van der Waals surface area (Å²) < 4.78 is 2.13. The van der Waals surface area contributed by atoms with Gasteiger partial charge in [-0.3, -0.25) is 4.98 Å². The van der Waals surface area contributed by atoms with E-state index in [-0.39, 0.29) is 6.04 Å². The van der Waals surface area contributed by atoms with Crippen LogP contribution in [0.5, 0.6) is 0 Å². The third-order valence-corrected chi connectivity index (χ3v) is 3.85. The van der Waals surface area contributed by atoms with Crippen molar-refractivity contribution < 1.29 is 0 Å². The molecule has 2 aromatic heterocycles. The molecule has 21 heavy (non-hydrogen) atoms. The molecule has 1 unspecified atom stereocenters. The minimum atomic E-state index is 0.0300. The van der Waals surface area contributed by atoms with Gasteiger partial charge in [0.2, 0.25) is 0 Å². The number of rotatable bonds is 7. The summed E-state index contributed by atoms with van der Waals surface area (Å²) in [5.74, 6) is 1.03. The molecule has 0 fully saturated rings. The zero-order valence-corrected chi connectivity index (χ0v) is 13.8. The van der Waals surface area contributed by atoms with Crippen LogP contribution < -0.4 is 5.32 Å². The highest BCUT2D eigenvalue weighted by Crippen LogP contribution is 2.26. The number of nitrogens with zero attached hydrogens (tertiary/aromatic N) is 3. The van der Waals surface area contributed by atoms with Gasteiger partial charge in [0, 0.05) is 31.6 Å². The minimum Gasteiger partial charge on any atom is -0.335 e. The molecule has 1 atom stereocenters. The van der Waals surface area contributed by atoms with Crippen molar-refractivity contribution in [1.82, 2.24) is 19.9 Å². The lowest BCUT2D eigenvalue weighted by Crippen LogP contribution is -2.26. The Balaban J connectivity index is 2.25. The van der Waals surface area contributed by atoms with Gasteiger partial charge < -0.3 is 9.88 Å². The standard InChI is InChI=1S/C15H20Cl2N4/c1-3-5-18-13(9-14-19-6-7-21(14)4-2)15-12(17)8-11(16)10-20-15/h6-8,10,13,18H,3-5,9H2,1-2H3. The largest absolute Gasteiger partial charge is 0.335 e. The van der Waals surface area contributed by atoms with Gasteiger partial charge in [-0.05, 0) is 26.0 Å². The first-order chi connectivity index (χ1) is 10.2. The lowest BCUT2D eigenvalue weighted by atomic mass is 10.1. The number of aryl methyl sites for hydroxylation is 1. The van der Waals surface area contributed by atoms with Gasteiger partial charge in [0.1, 0.15) is 5.82 Å². The maximum atomic E-state index is 6.30. The molecular formula is C15H20Cl2N4. The third kappa shape index (κ3) is 4.19. The van der Waals surface area contributed by atoms with Gasteiger partial charge in [0.25, 0.3) is 0 Å². The number of pyridine rings is 1. The van der Waals surface area contributed by atoms with Crippen molar-refractivity contribution in [2.75, 3.05) is 6.54 Å². The molecule has 0 amide bonds. The second kappa shape index (κ2) is 7.78. The highest BCUT2D eigenvalue weighted by Gasteiger charge is 2.19. The van der Waals surface area contributed by atoms with E-state index < -0.39 is 0 Å². The predicted octanol–water partition coefficient (Wildman–Crippen LogP) is 3.89. The Morgan fingerprint density at radius 3 is 2.76 bits per heavy atom. The van der Waals surface area contributed by atoms with Crippen molar-refractivity contribution in [2.45, 2.75) is 39.3 Å². The summed E-state index contributed by atoms with van der Waals surface area (Å²) in [7, 11) is 0. The van der Waals surface area contributed by atoms with E-state index in [4.69, 9.17) is 23.2 Å². The van der Waals surface area contributed by atoms with Crippen LogP contribution in [0.1, 0.15) is 37.8 Å². The van der Waals surface area contributed by atoms with Crippen molar-refractivity contribution >= 4 is 23.2 Å². The first-order valence-corrected chi connectivity index (χ1v) is 7.95. The summed E-state index contributed by atoms with van der Waals surface area (Å²) in [5, 5.41) is 4.63. The maximum absolute atomic E-state index is 6.30. The summed E-state index contributed by atoms with van der Waals surface area (Å²) in [4.78, 5) is 8.84. The normalized spacial score (nSPS) is 12.6. The Morgan fingerprint density at radius 2 is 2.10 bits per heavy atom. The van der Waals surface area contributed by atoms with E-state index in [0.29, 0.717) is 10.0 Å². The molecule has 0 bridgehead atoms. The second-order valence-corrected chi connectivity index (χ2v) is 5.70. The van der Waals surface area contributed by atoms with Crippen LogP contribution in [-0.4, -0.2) is 21.1 Å². The monoisotopic (exact) mass is 326 g/mol. The fraction of sp³-hybridized carbons (Fsp3) is 0.467. The zero-order chi connectivity index (χ0) is 15.2. The van der Waals surface area contributed by atoms with Crippen molar-refractivity contribution in [2.24, 2.45) is 0 Å². The molecule has 2 rings (SSSR count). The van der Waals surface area contributed by atoms with Gasteiger partial charge in [-0.25, -0.2) is 4.98 Å². The van der Waals surface area contributed by atoms with E-state index >= 15 is 0 Å². The van der Waals surface area contributed by atoms with Crippen molar-refractivity contribution in [1.29, 1.82) is 0 Å². The van der Waals surface area contributed by atoms with Crippen LogP contribution in [0.2, 0.25) is 10.0 Å². The molecule has 0 aromatic carbocycles. The van der Waals surface area contributed by atoms with Crippen molar-refractivity contribution in [3.8, 4) is 0 Å². The highest BCUT2D eigenvalue weighted by molar-refractivity contribution is 6.34. The zero-order valence-electron chi connectivity index (χ0n) is 12.3. The van der Waals surface area contributed by atoms with Crippen LogP contribution >= 0.6 is 23.2 Å². The first kappa shape index (κ1) is 16.3. The van der Waals surface area contributed by atoms with Gasteiger partial charge >= 0.3 is 0 Å². The van der Waals surface area contributed by atoms with Crippen LogP contribution in [0.15, 0.2) is 24.7 Å². The van der Waals surface area contributed by atoms with Crippen LogP contribution in [0.4, 0.5) is 0 Å². The number of hydrogen-bond donors (Lipinski definition) is 1. The molecule has 0 aliphatic carbocycles. The molecular weight excluding hydrogens is 307 g/mol. The number of halogens is 2. The Kier molecular flexibility index (Phi) is 6.03. The highest BCUT2D eigenvalue weighted by atomic mass is 35.5. The maximum Gasteiger partial charge on any atom is 0.110 e. The molecule has 2 heterocycles. The van der Waals surface area contributed by atoms with Crippen molar-refractivity contribution in [3.63, 3.8) is 0 Å². The SMILES string of the molecule is CCCNC(Cc1nccn1CC)c1ncc(Cl)cc1Cl. The Hall–Kier alpha value is -1.10. The van der Waals surface area contributed by atoms with E-state index in [0.717, 1.165) is 37.4 Å². The average molecular weight is 327 g/mol. The Bertz CT molecular complexity index is 583. The lowest BCUT2D eigenvalue weighted by molar-refractivity contribution is 0.497. The summed E-state index contributed by atoms with van der Waals surface area (Å²) in [5.41, 5.74) is 0.820. The first-order valence-electron chi connectivity index (χ1n) is 7.20. The molecule has 114 valence electrons. The third-order valence-electron chi connectivity index (χ3n) is 3.34. The molecule has 0 saturated carbocycles. The van der Waals surface area contributed by atoms with E-state index in [1.807, 2.05) is 12.4 Å². The number of hydrogen-bond acceptors (Lipinski definition) is 3. The van der Waals surface area contributed by atoms with Crippen LogP contribution in [0.25, 0.3) is 0 Å². The van der Waals surface area contributed by atoms with E-state index in [1.165, 1.54) is 0 Å². The fourth-order valence-corrected chi connectivity index (χ4v) is 2.78. The average Bonchev–Trinajstić information content (AvgIpc) is 2.91. The number of nitrogens with one attached hydrogen (secondary N) is 1.